The summed E-state index contributed by atoms with van der Waals surface area (Å²) in [5.74, 6) is -16.0. The van der Waals surface area contributed by atoms with Crippen molar-refractivity contribution in [2.45, 2.75) is 71.8 Å². The van der Waals surface area contributed by atoms with Gasteiger partial charge in [0.25, 0.3) is 0 Å². The van der Waals surface area contributed by atoms with Gasteiger partial charge in [-0.1, -0.05) is 88.4 Å². The number of carboxylic acids is 1. The number of carbonyl (C=O) groups is 4. The number of esters is 3. The molecule has 0 heterocycles. The molecule has 12 nitrogen and oxygen atoms in total. The minimum atomic E-state index is -4.26. The largest absolute Gasteiger partial charge is 1.00 e. The molecule has 0 aromatic heterocycles. The molecule has 424 valence electrons. The second-order valence-electron chi connectivity index (χ2n) is 20.4. The van der Waals surface area contributed by atoms with Crippen LogP contribution in [0.2, 0.25) is 0 Å². The molecule has 23 heteroatoms. The highest BCUT2D eigenvalue weighted by Crippen LogP contribution is 2.32. The second kappa shape index (κ2) is 35.7. The van der Waals surface area contributed by atoms with Gasteiger partial charge in [-0.05, 0) is 179 Å². The van der Waals surface area contributed by atoms with E-state index in [0.29, 0.717) is 7.14 Å². The molecular weight excluding hydrogens is 1680 g/mol. The maximum atomic E-state index is 14.3. The van der Waals surface area contributed by atoms with E-state index in [2.05, 4.69) is 158 Å². The van der Waals surface area contributed by atoms with Crippen molar-refractivity contribution in [3.63, 3.8) is 0 Å². The Labute approximate surface area is 529 Å². The van der Waals surface area contributed by atoms with Crippen molar-refractivity contribution in [3.05, 3.63) is 129 Å². The number of alkyl halides is 4. The lowest BCUT2D eigenvalue weighted by atomic mass is 10.0. The smallest absolute Gasteiger partial charge is 0.381 e. The highest BCUT2D eigenvalue weighted by Gasteiger charge is 2.53. The van der Waals surface area contributed by atoms with Gasteiger partial charge >= 0.3 is 29.8 Å². The Bertz CT molecular complexity index is 2330. The zero-order valence-electron chi connectivity index (χ0n) is 44.7. The number of ether oxygens (including phenoxy) is 3. The third-order valence-corrected chi connectivity index (χ3v) is 16.0. The summed E-state index contributed by atoms with van der Waals surface area (Å²) in [4.78, 5) is 46.7. The van der Waals surface area contributed by atoms with E-state index < -0.39 is 59.8 Å². The van der Waals surface area contributed by atoms with Gasteiger partial charge in [0.1, 0.15) is 19.1 Å². The Balaban J connectivity index is -0.000000926. The quantitative estimate of drug-likeness (QED) is 0.0284. The molecule has 0 fully saturated rings. The Morgan fingerprint density at radius 3 is 1.11 bits per heavy atom. The molecule has 0 spiro atoms. The second-order valence-corrected chi connectivity index (χ2v) is 27.4. The molecule has 0 radical (unpaired) electrons. The minimum Gasteiger partial charge on any atom is -1.00 e. The molecule has 2 unspecified atom stereocenters. The van der Waals surface area contributed by atoms with E-state index in [1.165, 1.54) is 51.8 Å². The number of nitrogens with zero attached hydrogens (tertiary/aromatic N) is 3. The van der Waals surface area contributed by atoms with Crippen molar-refractivity contribution in [1.29, 1.82) is 0 Å². The van der Waals surface area contributed by atoms with Crippen LogP contribution in [-0.2, 0) is 36.9 Å². The number of aliphatic carboxylic acids is 1. The molecule has 0 amide bonds. The SMILES string of the molecule is CC(C)C(OC(=O)c1cc(I)cc(I)c1I)C(F)(F)C(=O)[O-].CCOC(=O)C(F)(F)C(OC(=O)c1cc(I)cc(I)c1I)C(C)C.C[N+](C)(C)C.C[N+](C)(C)Cc1ccccc1.C[N+](C)(C)Cc1ccccc1.[Cl-].[OH-]. The summed E-state index contributed by atoms with van der Waals surface area (Å²) in [6.45, 7) is 9.04. The maximum absolute atomic E-state index is 14.3. The number of hydrogen-bond donors (Lipinski definition) is 0. The van der Waals surface area contributed by atoms with Crippen molar-refractivity contribution in [1.82, 2.24) is 0 Å². The van der Waals surface area contributed by atoms with Gasteiger partial charge < -0.3 is 55.4 Å². The summed E-state index contributed by atoms with van der Waals surface area (Å²) in [6, 6.07) is 27.9. The highest BCUT2D eigenvalue weighted by molar-refractivity contribution is 14.1. The standard InChI is InChI=1S/C15H15F2I3O4.C13H11F2I3O4.2C10H16N.C4H12N.ClH.H2O/c1-4-23-14(22)15(16,17)12(7(2)3)24-13(21)9-5-8(18)6-10(19)11(9)20;1-5(2)10(13(14,15)12(20)21)22-11(19)7-3-6(16)4-8(17)9(7)18;2*1-11(2,3)9-10-7-5-4-6-8-10;1-5(2,3)4;;/h5-7,12H,4H2,1-3H3;3-5,10H,1-2H3,(H,20,21);2*4-8H,9H2,1-3H3;1-4H3;1H;1H2/q;;3*+1;;/p-3. The summed E-state index contributed by atoms with van der Waals surface area (Å²) < 4.78 is 77.4. The molecule has 2 atom stereocenters. The lowest BCUT2D eigenvalue weighted by molar-refractivity contribution is -0.884. The number of hydrogen-bond acceptors (Lipinski definition) is 9. The van der Waals surface area contributed by atoms with Gasteiger partial charge in [0.2, 0.25) is 0 Å². The van der Waals surface area contributed by atoms with E-state index in [1.54, 1.807) is 6.07 Å². The molecule has 0 bridgehead atoms. The number of benzene rings is 4. The molecular formula is C52H70ClF4I6N3O9. The van der Waals surface area contributed by atoms with Crippen molar-refractivity contribution in [3.8, 4) is 0 Å². The van der Waals surface area contributed by atoms with Crippen molar-refractivity contribution >= 4 is 159 Å². The van der Waals surface area contributed by atoms with Crippen molar-refractivity contribution in [2.24, 2.45) is 11.8 Å². The van der Waals surface area contributed by atoms with Gasteiger partial charge in [-0.2, -0.15) is 17.6 Å². The van der Waals surface area contributed by atoms with Gasteiger partial charge in [-0.15, -0.1) is 0 Å². The van der Waals surface area contributed by atoms with Crippen LogP contribution in [0.3, 0.4) is 0 Å². The van der Waals surface area contributed by atoms with Crippen molar-refractivity contribution < 1.29 is 87.4 Å². The number of carboxylic acid groups (broad SMARTS) is 1. The summed E-state index contributed by atoms with van der Waals surface area (Å²) in [6.07, 6.45) is -4.01. The Morgan fingerprint density at radius 2 is 0.853 bits per heavy atom. The Kier molecular flexibility index (Phi) is 37.2. The Morgan fingerprint density at radius 1 is 0.560 bits per heavy atom. The fraction of sp³-hybridized carbons (Fsp3) is 0.462. The lowest BCUT2D eigenvalue weighted by Crippen LogP contribution is -3.00. The summed E-state index contributed by atoms with van der Waals surface area (Å²) in [5.41, 5.74) is 3.12. The number of carbonyl (C=O) groups excluding carboxylic acids is 4. The van der Waals surface area contributed by atoms with Crippen LogP contribution in [0.5, 0.6) is 0 Å². The molecule has 75 heavy (non-hydrogen) atoms. The molecule has 0 aliphatic rings. The van der Waals surface area contributed by atoms with E-state index >= 15 is 0 Å². The number of rotatable bonds is 15. The van der Waals surface area contributed by atoms with Crippen LogP contribution in [0.4, 0.5) is 17.6 Å². The molecule has 1 N–H and O–H groups in total. The third kappa shape index (κ3) is 31.5. The molecule has 0 aliphatic heterocycles. The zero-order valence-corrected chi connectivity index (χ0v) is 58.4. The molecule has 0 saturated heterocycles. The minimum absolute atomic E-state index is 0. The van der Waals surface area contributed by atoms with E-state index in [4.69, 9.17) is 9.47 Å². The lowest BCUT2D eigenvalue weighted by Gasteiger charge is -2.30. The van der Waals surface area contributed by atoms with Crippen LogP contribution < -0.4 is 17.5 Å². The molecule has 0 saturated carbocycles. The average molecular weight is 1750 g/mol. The average Bonchev–Trinajstić information content (AvgIpc) is 3.23. The van der Waals surface area contributed by atoms with Crippen LogP contribution in [0.1, 0.15) is 66.5 Å². The number of quaternary nitrogens is 3. The maximum Gasteiger partial charge on any atom is 0.381 e. The van der Waals surface area contributed by atoms with E-state index in [9.17, 15) is 41.8 Å². The molecule has 0 aliphatic carbocycles. The van der Waals surface area contributed by atoms with Gasteiger partial charge in [0.15, 0.2) is 12.2 Å². The predicted molar refractivity (Wildman–Crippen MR) is 331 cm³/mol. The molecule has 4 rings (SSSR count). The molecule has 4 aromatic carbocycles. The normalized spacial score (nSPS) is 12.1. The Hall–Kier alpha value is -1.01. The van der Waals surface area contributed by atoms with Gasteiger partial charge in [0, 0.05) is 32.5 Å². The summed E-state index contributed by atoms with van der Waals surface area (Å²) in [7, 11) is 21.7. The monoisotopic (exact) mass is 1750 g/mol. The topological polar surface area (TPSA) is 149 Å². The highest BCUT2D eigenvalue weighted by atomic mass is 127. The first-order valence-electron chi connectivity index (χ1n) is 22.5. The van der Waals surface area contributed by atoms with Gasteiger partial charge in [0.05, 0.1) is 88.2 Å². The molecule has 4 aromatic rings. The zero-order chi connectivity index (χ0) is 57.0. The predicted octanol–water partition coefficient (Wildman–Crippen LogP) is 8.88. The fourth-order valence-corrected chi connectivity index (χ4v) is 10.5. The van der Waals surface area contributed by atoms with Crippen LogP contribution in [0, 0.1) is 33.3 Å². The third-order valence-electron chi connectivity index (χ3n) is 8.64. The number of halogens is 11. The van der Waals surface area contributed by atoms with E-state index in [1.807, 2.05) is 125 Å². The first kappa shape index (κ1) is 78.2. The van der Waals surface area contributed by atoms with Gasteiger partial charge in [-0.3, -0.25) is 0 Å². The van der Waals surface area contributed by atoms with Gasteiger partial charge in [-0.25, -0.2) is 14.4 Å². The fourth-order valence-electron chi connectivity index (χ4n) is 5.75. The summed E-state index contributed by atoms with van der Waals surface area (Å²) in [5, 5.41) is 10.6. The van der Waals surface area contributed by atoms with E-state index in [-0.39, 0.29) is 35.6 Å². The van der Waals surface area contributed by atoms with Crippen LogP contribution in [0.25, 0.3) is 0 Å². The first-order chi connectivity index (χ1) is 33.2. The van der Waals surface area contributed by atoms with Crippen molar-refractivity contribution in [2.75, 3.05) is 77.1 Å². The van der Waals surface area contributed by atoms with Crippen LogP contribution >= 0.6 is 136 Å². The van der Waals surface area contributed by atoms with Crippen LogP contribution in [0.15, 0.2) is 84.9 Å². The first-order valence-corrected chi connectivity index (χ1v) is 29.0. The van der Waals surface area contributed by atoms with Crippen LogP contribution in [-0.4, -0.2) is 144 Å². The summed E-state index contributed by atoms with van der Waals surface area (Å²) >= 11 is 11.9. The van der Waals surface area contributed by atoms with E-state index in [0.717, 1.165) is 40.8 Å².